The average Bonchev–Trinajstić information content (AvgIpc) is 3.98. The summed E-state index contributed by atoms with van der Waals surface area (Å²) in [7, 11) is 2.14. The molecule has 2 aliphatic carbocycles. The van der Waals surface area contributed by atoms with Gasteiger partial charge in [0, 0.05) is 43.0 Å². The number of aromatic hydroxyl groups is 1. The van der Waals surface area contributed by atoms with Crippen molar-refractivity contribution in [3.8, 4) is 11.5 Å². The second-order valence-electron chi connectivity index (χ2n) is 13.6. The Hall–Kier alpha value is -4.04. The van der Waals surface area contributed by atoms with Gasteiger partial charge in [-0.2, -0.15) is 0 Å². The molecule has 5 atom stereocenters. The number of carbonyl (C=O) groups is 1. The largest absolute Gasteiger partial charge is 0.506 e. The quantitative estimate of drug-likeness (QED) is 0.0695. The zero-order valence-electron chi connectivity index (χ0n) is 28.4. The van der Waals surface area contributed by atoms with E-state index in [0.29, 0.717) is 57.9 Å². The van der Waals surface area contributed by atoms with Crippen LogP contribution in [0.5, 0.6) is 11.5 Å². The number of aliphatic hydroxyl groups excluding tert-OH is 1. The molecule has 0 saturated heterocycles. The van der Waals surface area contributed by atoms with Gasteiger partial charge in [-0.15, -0.1) is 22.7 Å². The Morgan fingerprint density at radius 2 is 1.78 bits per heavy atom. The zero-order chi connectivity index (χ0) is 35.5. The fourth-order valence-corrected chi connectivity index (χ4v) is 9.52. The molecular weight excluding hydrogens is 687 g/mol. The minimum Gasteiger partial charge on any atom is -0.506 e. The third kappa shape index (κ3) is 7.35. The molecule has 51 heavy (non-hydrogen) atoms. The van der Waals surface area contributed by atoms with E-state index in [1.807, 2.05) is 47.2 Å². The van der Waals surface area contributed by atoms with Gasteiger partial charge in [-0.05, 0) is 96.9 Å². The van der Waals surface area contributed by atoms with Crippen molar-refractivity contribution in [1.82, 2.24) is 15.2 Å². The van der Waals surface area contributed by atoms with Crippen LogP contribution in [0.1, 0.15) is 52.7 Å². The number of H-pyrrole nitrogens is 1. The van der Waals surface area contributed by atoms with E-state index in [2.05, 4.69) is 22.2 Å². The lowest BCUT2D eigenvalue weighted by atomic mass is 9.94. The number of fused-ring (bicyclic) bond motifs is 3. The maximum Gasteiger partial charge on any atom is 0.349 e. The number of benzene rings is 2. The zero-order valence-corrected chi connectivity index (χ0v) is 30.0. The van der Waals surface area contributed by atoms with E-state index in [1.165, 1.54) is 34.8 Å². The molecule has 2 fully saturated rings. The topological polar surface area (TPSA) is 144 Å². The molecule has 0 spiro atoms. The average molecular weight is 730 g/mol. The maximum absolute atomic E-state index is 13.7. The van der Waals surface area contributed by atoms with Crippen molar-refractivity contribution in [2.45, 2.75) is 56.1 Å². The van der Waals surface area contributed by atoms with Crippen molar-refractivity contribution < 1.29 is 29.6 Å². The first-order valence-corrected chi connectivity index (χ1v) is 19.2. The summed E-state index contributed by atoms with van der Waals surface area (Å²) in [6, 6.07) is 21.6. The molecule has 2 aliphatic rings. The molecular formula is C39H43N3O7S2. The van der Waals surface area contributed by atoms with Crippen LogP contribution in [0.15, 0.2) is 88.4 Å². The number of hydrogen-bond acceptors (Lipinski definition) is 11. The molecule has 2 saturated carbocycles. The summed E-state index contributed by atoms with van der Waals surface area (Å²) in [6.07, 6.45) is 2.87. The van der Waals surface area contributed by atoms with Gasteiger partial charge in [0.2, 0.25) is 11.2 Å². The Kier molecular flexibility index (Phi) is 10.6. The lowest BCUT2D eigenvalue weighted by molar-refractivity contribution is -0.170. The summed E-state index contributed by atoms with van der Waals surface area (Å²) in [5.74, 6) is 0.725. The fourth-order valence-electron chi connectivity index (χ4n) is 7.81. The molecule has 5 N–H and O–H groups in total. The van der Waals surface area contributed by atoms with Crippen LogP contribution in [0.4, 0.5) is 0 Å². The number of aromatic amines is 1. The van der Waals surface area contributed by atoms with Crippen LogP contribution in [0.2, 0.25) is 0 Å². The van der Waals surface area contributed by atoms with Crippen LogP contribution in [0.3, 0.4) is 0 Å². The summed E-state index contributed by atoms with van der Waals surface area (Å²) >= 11 is 2.72. The SMILES string of the molecule is CN(CCCOc1ccc(CNC[C@H](O)c2ccc(O)c3[nH]c(=O)ccc23)cc1)C1CC2CCC1C2OC(=O)C(O)(c1cccs1)c1cccs1. The molecule has 3 heterocycles. The first kappa shape index (κ1) is 35.4. The van der Waals surface area contributed by atoms with Crippen molar-refractivity contribution in [3.63, 3.8) is 0 Å². The molecule has 7 rings (SSSR count). The van der Waals surface area contributed by atoms with Gasteiger partial charge in [-0.3, -0.25) is 4.79 Å². The highest BCUT2D eigenvalue weighted by molar-refractivity contribution is 7.12. The number of phenols is 1. The van der Waals surface area contributed by atoms with E-state index >= 15 is 0 Å². The van der Waals surface area contributed by atoms with Crippen LogP contribution in [-0.2, 0) is 21.7 Å². The van der Waals surface area contributed by atoms with Gasteiger partial charge >= 0.3 is 5.97 Å². The molecule has 12 heteroatoms. The lowest BCUT2D eigenvalue weighted by Gasteiger charge is -2.32. The molecule has 2 aromatic carbocycles. The van der Waals surface area contributed by atoms with E-state index in [9.17, 15) is 24.9 Å². The van der Waals surface area contributed by atoms with Crippen molar-refractivity contribution in [2.75, 3.05) is 26.7 Å². The van der Waals surface area contributed by atoms with Crippen LogP contribution in [-0.4, -0.2) is 70.1 Å². The van der Waals surface area contributed by atoms with E-state index in [4.69, 9.17) is 9.47 Å². The lowest BCUT2D eigenvalue weighted by Crippen LogP contribution is -2.42. The minimum atomic E-state index is -1.78. The van der Waals surface area contributed by atoms with Gasteiger partial charge < -0.3 is 40.0 Å². The molecule has 0 radical (unpaired) electrons. The molecule has 3 aromatic heterocycles. The Balaban J connectivity index is 0.851. The molecule has 2 bridgehead atoms. The first-order valence-electron chi connectivity index (χ1n) is 17.4. The second kappa shape index (κ2) is 15.3. The third-order valence-corrected chi connectivity index (χ3v) is 12.4. The Labute approximate surface area is 304 Å². The number of rotatable bonds is 15. The van der Waals surface area contributed by atoms with E-state index in [-0.39, 0.29) is 23.3 Å². The van der Waals surface area contributed by atoms with Crippen molar-refractivity contribution in [1.29, 1.82) is 0 Å². The maximum atomic E-state index is 13.7. The Morgan fingerprint density at radius 3 is 2.49 bits per heavy atom. The standard InChI is InChI=1S/C39H43N3O7S2/c1-42(30-21-25-9-12-29(30)37(25)49-38(46)39(47,33-5-2-19-50-33)34-6-3-20-51-34)17-4-18-48-26-10-7-24(8-11-26)22-40-23-32(44)27-13-15-31(43)36-28(27)14-16-35(45)41-36/h2-3,5-8,10-11,13-16,19-20,25,29-30,32,37,40,43-44,47H,4,9,12,17-18,21-23H2,1H3,(H,41,45)/t25?,29?,30?,32-,37?/m0/s1. The van der Waals surface area contributed by atoms with E-state index < -0.39 is 17.7 Å². The van der Waals surface area contributed by atoms with Crippen LogP contribution in [0, 0.1) is 11.8 Å². The van der Waals surface area contributed by atoms with Gasteiger partial charge in [0.1, 0.15) is 17.6 Å². The van der Waals surface area contributed by atoms with Crippen LogP contribution < -0.4 is 15.6 Å². The highest BCUT2D eigenvalue weighted by atomic mass is 32.1. The highest BCUT2D eigenvalue weighted by Crippen LogP contribution is 2.49. The molecule has 10 nitrogen and oxygen atoms in total. The number of esters is 1. The molecule has 5 aromatic rings. The van der Waals surface area contributed by atoms with Gasteiger partial charge in [0.05, 0.1) is 28.0 Å². The predicted octanol–water partition coefficient (Wildman–Crippen LogP) is 5.53. The molecule has 0 amide bonds. The summed E-state index contributed by atoms with van der Waals surface area (Å²) in [4.78, 5) is 31.5. The van der Waals surface area contributed by atoms with Gasteiger partial charge in [0.25, 0.3) is 0 Å². The van der Waals surface area contributed by atoms with Gasteiger partial charge in [0.15, 0.2) is 0 Å². The molecule has 4 unspecified atom stereocenters. The summed E-state index contributed by atoms with van der Waals surface area (Å²) in [5, 5.41) is 40.3. The first-order chi connectivity index (χ1) is 24.7. The number of nitrogens with zero attached hydrogens (tertiary/aromatic N) is 1. The Bertz CT molecular complexity index is 1950. The number of thiophene rings is 2. The summed E-state index contributed by atoms with van der Waals surface area (Å²) in [5.41, 5.74) is -0.117. The summed E-state index contributed by atoms with van der Waals surface area (Å²) in [6.45, 7) is 2.28. The van der Waals surface area contributed by atoms with Gasteiger partial charge in [-0.25, -0.2) is 4.79 Å². The van der Waals surface area contributed by atoms with Crippen LogP contribution >= 0.6 is 22.7 Å². The smallest absolute Gasteiger partial charge is 0.349 e. The normalized spacial score (nSPS) is 20.6. The predicted molar refractivity (Wildman–Crippen MR) is 198 cm³/mol. The number of ether oxygens (including phenoxy) is 2. The number of aliphatic hydroxyl groups is 2. The fraction of sp³-hybridized carbons (Fsp3) is 0.385. The number of hydrogen-bond donors (Lipinski definition) is 5. The third-order valence-electron chi connectivity index (χ3n) is 10.4. The number of carbonyl (C=O) groups excluding carboxylic acids is 1. The van der Waals surface area contributed by atoms with E-state index in [0.717, 1.165) is 43.5 Å². The Morgan fingerprint density at radius 1 is 1.04 bits per heavy atom. The minimum absolute atomic E-state index is 0.0366. The van der Waals surface area contributed by atoms with Crippen molar-refractivity contribution in [3.05, 3.63) is 115 Å². The molecule has 0 aliphatic heterocycles. The number of pyridine rings is 1. The van der Waals surface area contributed by atoms with Crippen molar-refractivity contribution in [2.24, 2.45) is 11.8 Å². The highest BCUT2D eigenvalue weighted by Gasteiger charge is 2.54. The monoisotopic (exact) mass is 729 g/mol. The number of phenolic OH excluding ortho intramolecular Hbond substituents is 1. The van der Waals surface area contributed by atoms with E-state index in [1.54, 1.807) is 24.3 Å². The summed E-state index contributed by atoms with van der Waals surface area (Å²) < 4.78 is 12.3. The number of nitrogens with one attached hydrogen (secondary N) is 2. The number of aromatic nitrogens is 1. The van der Waals surface area contributed by atoms with Gasteiger partial charge in [-0.1, -0.05) is 30.3 Å². The molecule has 268 valence electrons. The second-order valence-corrected chi connectivity index (χ2v) is 15.5. The van der Waals surface area contributed by atoms with Crippen molar-refractivity contribution >= 4 is 39.5 Å². The van der Waals surface area contributed by atoms with Crippen LogP contribution in [0.25, 0.3) is 10.9 Å².